The fourth-order valence-electron chi connectivity index (χ4n) is 4.80. The van der Waals surface area contributed by atoms with Crippen molar-refractivity contribution in [3.8, 4) is 5.75 Å². The second-order valence-corrected chi connectivity index (χ2v) is 9.10. The number of hydrogen-bond acceptors (Lipinski definition) is 4. The first-order chi connectivity index (χ1) is 14.7. The standard InChI is InChI=1S/C25H33ClN2O2/c26-24-16-21(8-11-25(24)30-18-19-4-2-1-3-5-19)23(17-28-14-12-27-13-15-28)20-6-9-22(29)10-7-20/h1-5,8,11,16,20,22-23,27,29H,6-7,9-10,12-15,17-18H2. The molecule has 2 aliphatic rings. The van der Waals surface area contributed by atoms with Gasteiger partial charge in [-0.05, 0) is 60.8 Å². The molecule has 0 radical (unpaired) electrons. The van der Waals surface area contributed by atoms with E-state index in [2.05, 4.69) is 34.5 Å². The quantitative estimate of drug-likeness (QED) is 0.683. The molecule has 1 aliphatic heterocycles. The smallest absolute Gasteiger partial charge is 0.138 e. The lowest BCUT2D eigenvalue weighted by atomic mass is 9.75. The number of nitrogens with one attached hydrogen (secondary N) is 1. The maximum atomic E-state index is 9.98. The molecule has 1 unspecified atom stereocenters. The average molecular weight is 429 g/mol. The van der Waals surface area contributed by atoms with Gasteiger partial charge in [0.05, 0.1) is 11.1 Å². The lowest BCUT2D eigenvalue weighted by molar-refractivity contribution is 0.0932. The number of nitrogens with zero attached hydrogens (tertiary/aromatic N) is 1. The summed E-state index contributed by atoms with van der Waals surface area (Å²) in [4.78, 5) is 2.57. The molecule has 4 nitrogen and oxygen atoms in total. The summed E-state index contributed by atoms with van der Waals surface area (Å²) in [5.74, 6) is 1.77. The van der Waals surface area contributed by atoms with Gasteiger partial charge in [0.15, 0.2) is 0 Å². The lowest BCUT2D eigenvalue weighted by Gasteiger charge is -2.37. The highest BCUT2D eigenvalue weighted by atomic mass is 35.5. The van der Waals surface area contributed by atoms with Crippen LogP contribution in [-0.2, 0) is 6.61 Å². The van der Waals surface area contributed by atoms with Crippen molar-refractivity contribution in [2.45, 2.75) is 44.3 Å². The monoisotopic (exact) mass is 428 g/mol. The van der Waals surface area contributed by atoms with E-state index in [0.29, 0.717) is 23.5 Å². The number of benzene rings is 2. The minimum absolute atomic E-state index is 0.126. The maximum Gasteiger partial charge on any atom is 0.138 e. The van der Waals surface area contributed by atoms with Crippen molar-refractivity contribution in [3.63, 3.8) is 0 Å². The van der Waals surface area contributed by atoms with E-state index in [9.17, 15) is 5.11 Å². The van der Waals surface area contributed by atoms with E-state index >= 15 is 0 Å². The minimum Gasteiger partial charge on any atom is -0.487 e. The second kappa shape index (κ2) is 10.6. The number of rotatable bonds is 7. The molecule has 0 spiro atoms. The molecule has 2 aromatic carbocycles. The molecule has 1 saturated heterocycles. The normalized spacial score (nSPS) is 23.8. The van der Waals surface area contributed by atoms with Crippen LogP contribution < -0.4 is 10.1 Å². The largest absolute Gasteiger partial charge is 0.487 e. The van der Waals surface area contributed by atoms with Crippen molar-refractivity contribution in [3.05, 3.63) is 64.7 Å². The zero-order valence-corrected chi connectivity index (χ0v) is 18.4. The van der Waals surface area contributed by atoms with E-state index in [-0.39, 0.29) is 6.10 Å². The van der Waals surface area contributed by atoms with Gasteiger partial charge in [-0.3, -0.25) is 0 Å². The van der Waals surface area contributed by atoms with Gasteiger partial charge in [0.1, 0.15) is 12.4 Å². The maximum absolute atomic E-state index is 9.98. The summed E-state index contributed by atoms with van der Waals surface area (Å²) in [6, 6.07) is 16.5. The summed E-state index contributed by atoms with van der Waals surface area (Å²) >= 11 is 6.66. The van der Waals surface area contributed by atoms with Crippen LogP contribution in [0, 0.1) is 5.92 Å². The number of ether oxygens (including phenoxy) is 1. The van der Waals surface area contributed by atoms with Crippen LogP contribution in [0.2, 0.25) is 5.02 Å². The average Bonchev–Trinajstić information content (AvgIpc) is 2.79. The van der Waals surface area contributed by atoms with Crippen LogP contribution in [0.4, 0.5) is 0 Å². The highest BCUT2D eigenvalue weighted by Gasteiger charge is 2.30. The van der Waals surface area contributed by atoms with Crippen LogP contribution in [0.25, 0.3) is 0 Å². The third-order valence-electron chi connectivity index (χ3n) is 6.60. The molecular weight excluding hydrogens is 396 g/mol. The van der Waals surface area contributed by atoms with Crippen molar-refractivity contribution >= 4 is 11.6 Å². The van der Waals surface area contributed by atoms with E-state index in [1.165, 1.54) is 5.56 Å². The zero-order valence-electron chi connectivity index (χ0n) is 17.6. The predicted octanol–water partition coefficient (Wildman–Crippen LogP) is 4.46. The van der Waals surface area contributed by atoms with Crippen LogP contribution in [0.15, 0.2) is 48.5 Å². The SMILES string of the molecule is OC1CCC(C(CN2CCNCC2)c2ccc(OCc3ccccc3)c(Cl)c2)CC1. The van der Waals surface area contributed by atoms with Gasteiger partial charge in [-0.1, -0.05) is 48.0 Å². The highest BCUT2D eigenvalue weighted by molar-refractivity contribution is 6.32. The molecule has 2 aromatic rings. The Bertz CT molecular complexity index is 787. The van der Waals surface area contributed by atoms with E-state index in [4.69, 9.17) is 16.3 Å². The Balaban J connectivity index is 1.48. The Hall–Kier alpha value is -1.59. The third kappa shape index (κ3) is 5.76. The summed E-state index contributed by atoms with van der Waals surface area (Å²) in [5, 5.41) is 14.1. The zero-order chi connectivity index (χ0) is 20.8. The van der Waals surface area contributed by atoms with Crippen LogP contribution in [0.3, 0.4) is 0 Å². The van der Waals surface area contributed by atoms with Crippen molar-refractivity contribution in [2.75, 3.05) is 32.7 Å². The molecule has 1 saturated carbocycles. The molecule has 2 fully saturated rings. The van der Waals surface area contributed by atoms with Gasteiger partial charge in [-0.15, -0.1) is 0 Å². The molecule has 0 bridgehead atoms. The molecule has 2 N–H and O–H groups in total. The molecule has 1 heterocycles. The van der Waals surface area contributed by atoms with E-state index < -0.39 is 0 Å². The first-order valence-electron chi connectivity index (χ1n) is 11.3. The molecule has 0 aromatic heterocycles. The first-order valence-corrected chi connectivity index (χ1v) is 11.6. The van der Waals surface area contributed by atoms with Crippen LogP contribution in [0.5, 0.6) is 5.75 Å². The van der Waals surface area contributed by atoms with Crippen molar-refractivity contribution in [1.29, 1.82) is 0 Å². The molecule has 0 amide bonds. The second-order valence-electron chi connectivity index (χ2n) is 8.69. The van der Waals surface area contributed by atoms with Crippen LogP contribution >= 0.6 is 11.6 Å². The lowest BCUT2D eigenvalue weighted by Crippen LogP contribution is -2.46. The predicted molar refractivity (Wildman–Crippen MR) is 122 cm³/mol. The summed E-state index contributed by atoms with van der Waals surface area (Å²) in [6.45, 7) is 5.88. The molecule has 4 rings (SSSR count). The Morgan fingerprint density at radius 2 is 1.77 bits per heavy atom. The van der Waals surface area contributed by atoms with Gasteiger partial charge in [-0.25, -0.2) is 0 Å². The summed E-state index contributed by atoms with van der Waals surface area (Å²) in [5.41, 5.74) is 2.43. The van der Waals surface area contributed by atoms with Gasteiger partial charge in [0.2, 0.25) is 0 Å². The Morgan fingerprint density at radius 1 is 1.03 bits per heavy atom. The molecule has 30 heavy (non-hydrogen) atoms. The number of hydrogen-bond donors (Lipinski definition) is 2. The van der Waals surface area contributed by atoms with Gasteiger partial charge in [-0.2, -0.15) is 0 Å². The number of aliphatic hydroxyl groups is 1. The molecule has 5 heteroatoms. The van der Waals surface area contributed by atoms with Gasteiger partial charge in [0.25, 0.3) is 0 Å². The van der Waals surface area contributed by atoms with Gasteiger partial charge in [0, 0.05) is 32.7 Å². The fraction of sp³-hybridized carbons (Fsp3) is 0.520. The van der Waals surface area contributed by atoms with Crippen LogP contribution in [0.1, 0.15) is 42.7 Å². The fourth-order valence-corrected chi connectivity index (χ4v) is 5.05. The van der Waals surface area contributed by atoms with Gasteiger partial charge < -0.3 is 20.1 Å². The Morgan fingerprint density at radius 3 is 2.47 bits per heavy atom. The minimum atomic E-state index is -0.126. The van der Waals surface area contributed by atoms with Crippen molar-refractivity contribution < 1.29 is 9.84 Å². The van der Waals surface area contributed by atoms with Gasteiger partial charge >= 0.3 is 0 Å². The molecular formula is C25H33ClN2O2. The molecule has 1 atom stereocenters. The van der Waals surface area contributed by atoms with E-state index in [0.717, 1.165) is 69.7 Å². The summed E-state index contributed by atoms with van der Waals surface area (Å²) < 4.78 is 5.98. The third-order valence-corrected chi connectivity index (χ3v) is 6.89. The number of piperazine rings is 1. The Labute approximate surface area is 185 Å². The number of aliphatic hydroxyl groups excluding tert-OH is 1. The van der Waals surface area contributed by atoms with Crippen molar-refractivity contribution in [2.24, 2.45) is 5.92 Å². The summed E-state index contributed by atoms with van der Waals surface area (Å²) in [7, 11) is 0. The van der Waals surface area contributed by atoms with Crippen LogP contribution in [-0.4, -0.2) is 48.8 Å². The molecule has 162 valence electrons. The van der Waals surface area contributed by atoms with E-state index in [1.54, 1.807) is 0 Å². The Kier molecular flexibility index (Phi) is 7.67. The topological polar surface area (TPSA) is 44.7 Å². The van der Waals surface area contributed by atoms with Crippen molar-refractivity contribution in [1.82, 2.24) is 10.2 Å². The molecule has 1 aliphatic carbocycles. The first kappa shape index (κ1) is 21.6. The van der Waals surface area contributed by atoms with E-state index in [1.807, 2.05) is 24.3 Å². The summed E-state index contributed by atoms with van der Waals surface area (Å²) in [6.07, 6.45) is 3.87. The highest BCUT2D eigenvalue weighted by Crippen LogP contribution is 2.39. The number of halogens is 1.